The van der Waals surface area contributed by atoms with E-state index in [2.05, 4.69) is 14.8 Å². The van der Waals surface area contributed by atoms with Gasteiger partial charge in [0.25, 0.3) is 0 Å². The molecule has 0 atom stereocenters. The van der Waals surface area contributed by atoms with Crippen molar-refractivity contribution in [2.45, 2.75) is 12.3 Å². The third-order valence-electron chi connectivity index (χ3n) is 3.24. The number of hydrogen-bond donors (Lipinski definition) is 1. The molecule has 3 aromatic rings. The lowest BCUT2D eigenvalue weighted by Crippen LogP contribution is -2.15. The van der Waals surface area contributed by atoms with Crippen LogP contribution in [0.2, 0.25) is 0 Å². The highest BCUT2D eigenvalue weighted by molar-refractivity contribution is 7.91. The fraction of sp³-hybridized carbons (Fsp3) is 0.125. The lowest BCUT2D eigenvalue weighted by Gasteiger charge is -2.09. The normalized spacial score (nSPS) is 11.3. The molecule has 0 fully saturated rings. The maximum Gasteiger partial charge on any atom is 0.236 e. The van der Waals surface area contributed by atoms with Gasteiger partial charge in [-0.15, -0.1) is 0 Å². The summed E-state index contributed by atoms with van der Waals surface area (Å²) in [6, 6.07) is 16.3. The second-order valence-corrected chi connectivity index (χ2v) is 6.86. The second-order valence-electron chi connectivity index (χ2n) is 5.14. The Morgan fingerprint density at radius 3 is 2.35 bits per heavy atom. The standard InChI is InChI=1S/C16H16N4O2S/c21-23(22,11-15-4-2-1-3-5-15)19-16-8-6-14(7-9-16)10-20-13-17-12-18-20/h1-9,12-13,19H,10-11H2. The third kappa shape index (κ3) is 4.40. The van der Waals surface area contributed by atoms with E-state index in [4.69, 9.17) is 0 Å². The average Bonchev–Trinajstić information content (AvgIpc) is 3.02. The third-order valence-corrected chi connectivity index (χ3v) is 4.50. The van der Waals surface area contributed by atoms with Crippen molar-refractivity contribution in [3.8, 4) is 0 Å². The summed E-state index contributed by atoms with van der Waals surface area (Å²) < 4.78 is 28.6. The highest BCUT2D eigenvalue weighted by Gasteiger charge is 2.11. The molecule has 1 N–H and O–H groups in total. The average molecular weight is 328 g/mol. The van der Waals surface area contributed by atoms with Crippen LogP contribution in [0.4, 0.5) is 5.69 Å². The molecule has 1 heterocycles. The Morgan fingerprint density at radius 1 is 0.957 bits per heavy atom. The lowest BCUT2D eigenvalue weighted by atomic mass is 10.2. The van der Waals surface area contributed by atoms with Crippen molar-refractivity contribution in [1.29, 1.82) is 0 Å². The van der Waals surface area contributed by atoms with Crippen molar-refractivity contribution in [3.63, 3.8) is 0 Å². The van der Waals surface area contributed by atoms with Gasteiger partial charge in [0.05, 0.1) is 12.3 Å². The molecule has 0 aliphatic carbocycles. The van der Waals surface area contributed by atoms with Crippen molar-refractivity contribution < 1.29 is 8.42 Å². The van der Waals surface area contributed by atoms with Gasteiger partial charge in [-0.05, 0) is 23.3 Å². The Balaban J connectivity index is 1.65. The maximum atomic E-state index is 12.2. The zero-order valence-electron chi connectivity index (χ0n) is 12.3. The Bertz CT molecular complexity index is 845. The Hall–Kier alpha value is -2.67. The van der Waals surface area contributed by atoms with Crippen LogP contribution in [0.1, 0.15) is 11.1 Å². The molecule has 23 heavy (non-hydrogen) atoms. The molecular weight excluding hydrogens is 312 g/mol. The summed E-state index contributed by atoms with van der Waals surface area (Å²) in [7, 11) is -3.43. The summed E-state index contributed by atoms with van der Waals surface area (Å²) >= 11 is 0. The van der Waals surface area contributed by atoms with Gasteiger partial charge in [-0.3, -0.25) is 4.72 Å². The van der Waals surface area contributed by atoms with Gasteiger partial charge in [-0.2, -0.15) is 5.10 Å². The maximum absolute atomic E-state index is 12.2. The number of anilines is 1. The van der Waals surface area contributed by atoms with Crippen molar-refractivity contribution in [3.05, 3.63) is 78.4 Å². The zero-order chi connectivity index (χ0) is 16.1. The van der Waals surface area contributed by atoms with Crippen LogP contribution < -0.4 is 4.72 Å². The van der Waals surface area contributed by atoms with Crippen LogP contribution in [0, 0.1) is 0 Å². The number of sulfonamides is 1. The van der Waals surface area contributed by atoms with Gasteiger partial charge in [-0.1, -0.05) is 42.5 Å². The topological polar surface area (TPSA) is 76.9 Å². The van der Waals surface area contributed by atoms with Gasteiger partial charge >= 0.3 is 0 Å². The molecule has 7 heteroatoms. The molecule has 0 spiro atoms. The number of aromatic nitrogens is 3. The molecule has 0 saturated carbocycles. The Labute approximate surface area is 134 Å². The first-order valence-corrected chi connectivity index (χ1v) is 8.72. The summed E-state index contributed by atoms with van der Waals surface area (Å²) in [6.07, 6.45) is 3.11. The molecule has 0 unspecified atom stereocenters. The van der Waals surface area contributed by atoms with Gasteiger partial charge in [-0.25, -0.2) is 18.1 Å². The highest BCUT2D eigenvalue weighted by atomic mass is 32.2. The van der Waals surface area contributed by atoms with Crippen LogP contribution >= 0.6 is 0 Å². The molecule has 0 bridgehead atoms. The first-order valence-electron chi connectivity index (χ1n) is 7.06. The minimum Gasteiger partial charge on any atom is -0.283 e. The molecular formula is C16H16N4O2S. The first kappa shape index (κ1) is 15.2. The van der Waals surface area contributed by atoms with Crippen molar-refractivity contribution >= 4 is 15.7 Å². The van der Waals surface area contributed by atoms with E-state index < -0.39 is 10.0 Å². The Kier molecular flexibility index (Phi) is 4.38. The van der Waals surface area contributed by atoms with E-state index in [0.29, 0.717) is 12.2 Å². The van der Waals surface area contributed by atoms with Gasteiger partial charge in [0.15, 0.2) is 0 Å². The zero-order valence-corrected chi connectivity index (χ0v) is 13.1. The minimum absolute atomic E-state index is 0.0471. The predicted octanol–water partition coefficient (Wildman–Crippen LogP) is 2.27. The molecule has 0 aliphatic heterocycles. The summed E-state index contributed by atoms with van der Waals surface area (Å²) in [5.74, 6) is -0.0471. The minimum atomic E-state index is -3.43. The van der Waals surface area contributed by atoms with Crippen LogP contribution in [-0.4, -0.2) is 23.2 Å². The van der Waals surface area contributed by atoms with E-state index in [1.807, 2.05) is 30.3 Å². The number of nitrogens with zero attached hydrogens (tertiary/aromatic N) is 3. The molecule has 1 aromatic heterocycles. The number of rotatable bonds is 6. The van der Waals surface area contributed by atoms with Crippen LogP contribution in [0.3, 0.4) is 0 Å². The van der Waals surface area contributed by atoms with E-state index >= 15 is 0 Å². The van der Waals surface area contributed by atoms with Gasteiger partial charge in [0.1, 0.15) is 12.7 Å². The molecule has 0 aliphatic rings. The summed E-state index contributed by atoms with van der Waals surface area (Å²) in [5.41, 5.74) is 2.31. The van der Waals surface area contributed by atoms with Crippen molar-refractivity contribution in [1.82, 2.24) is 14.8 Å². The number of nitrogens with one attached hydrogen (secondary N) is 1. The molecule has 6 nitrogen and oxygen atoms in total. The SMILES string of the molecule is O=S(=O)(Cc1ccccc1)Nc1ccc(Cn2cncn2)cc1. The van der Waals surface area contributed by atoms with Crippen LogP contribution in [0.5, 0.6) is 0 Å². The molecule has 3 rings (SSSR count). The van der Waals surface area contributed by atoms with Crippen molar-refractivity contribution in [2.75, 3.05) is 4.72 Å². The predicted molar refractivity (Wildman–Crippen MR) is 88.3 cm³/mol. The first-order chi connectivity index (χ1) is 11.1. The monoisotopic (exact) mass is 328 g/mol. The van der Waals surface area contributed by atoms with E-state index in [1.54, 1.807) is 35.3 Å². The highest BCUT2D eigenvalue weighted by Crippen LogP contribution is 2.14. The van der Waals surface area contributed by atoms with E-state index in [9.17, 15) is 8.42 Å². The van der Waals surface area contributed by atoms with Crippen LogP contribution in [0.25, 0.3) is 0 Å². The number of hydrogen-bond acceptors (Lipinski definition) is 4. The summed E-state index contributed by atoms with van der Waals surface area (Å²) in [6.45, 7) is 0.594. The fourth-order valence-electron chi connectivity index (χ4n) is 2.19. The quantitative estimate of drug-likeness (QED) is 0.753. The van der Waals surface area contributed by atoms with Gasteiger partial charge in [0, 0.05) is 5.69 Å². The number of benzene rings is 2. The summed E-state index contributed by atoms with van der Waals surface area (Å²) in [4.78, 5) is 3.88. The van der Waals surface area contributed by atoms with E-state index in [1.165, 1.54) is 6.33 Å². The van der Waals surface area contributed by atoms with E-state index in [-0.39, 0.29) is 5.75 Å². The molecule has 2 aromatic carbocycles. The van der Waals surface area contributed by atoms with Crippen LogP contribution in [0.15, 0.2) is 67.3 Å². The lowest BCUT2D eigenvalue weighted by molar-refractivity contribution is 0.600. The molecule has 118 valence electrons. The smallest absolute Gasteiger partial charge is 0.236 e. The van der Waals surface area contributed by atoms with Crippen LogP contribution in [-0.2, 0) is 22.3 Å². The van der Waals surface area contributed by atoms with Crippen molar-refractivity contribution in [2.24, 2.45) is 0 Å². The van der Waals surface area contributed by atoms with Gasteiger partial charge in [0.2, 0.25) is 10.0 Å². The largest absolute Gasteiger partial charge is 0.283 e. The molecule has 0 radical (unpaired) electrons. The molecule has 0 saturated heterocycles. The fourth-order valence-corrected chi connectivity index (χ4v) is 3.39. The van der Waals surface area contributed by atoms with E-state index in [0.717, 1.165) is 11.1 Å². The van der Waals surface area contributed by atoms with Gasteiger partial charge < -0.3 is 0 Å². The Morgan fingerprint density at radius 2 is 1.70 bits per heavy atom. The molecule has 0 amide bonds. The summed E-state index contributed by atoms with van der Waals surface area (Å²) in [5, 5.41) is 4.03. The second kappa shape index (κ2) is 6.62.